The standard InChI is InChI=1S/C8H10N2OS/c1-2-5-3-6(9)4-10-7(5)8(11)12/h3-4H,2,9H2,1H3,(H,11,12). The van der Waals surface area contributed by atoms with Crippen LogP contribution < -0.4 is 5.73 Å². The van der Waals surface area contributed by atoms with Crippen molar-refractivity contribution in [1.29, 1.82) is 0 Å². The molecule has 64 valence electrons. The first kappa shape index (κ1) is 9.06. The topological polar surface area (TPSA) is 56.0 Å². The average molecular weight is 182 g/mol. The van der Waals surface area contributed by atoms with Crippen LogP contribution in [0, 0.1) is 0 Å². The molecule has 0 spiro atoms. The third-order valence-corrected chi connectivity index (χ3v) is 1.78. The van der Waals surface area contributed by atoms with Crippen LogP contribution in [0.15, 0.2) is 12.3 Å². The first-order valence-electron chi connectivity index (χ1n) is 3.62. The molecule has 0 atom stereocenters. The van der Waals surface area contributed by atoms with Gasteiger partial charge in [-0.2, -0.15) is 0 Å². The minimum atomic E-state index is -0.313. The van der Waals surface area contributed by atoms with Crippen LogP contribution in [0.4, 0.5) is 5.69 Å². The van der Waals surface area contributed by atoms with Gasteiger partial charge in [-0.15, -0.1) is 0 Å². The maximum atomic E-state index is 10.9. The molecule has 0 aliphatic heterocycles. The molecule has 4 heteroatoms. The largest absolute Gasteiger partial charge is 0.397 e. The number of hydrogen-bond donors (Lipinski definition) is 2. The zero-order valence-electron chi connectivity index (χ0n) is 6.74. The van der Waals surface area contributed by atoms with Gasteiger partial charge in [0.25, 0.3) is 0 Å². The summed E-state index contributed by atoms with van der Waals surface area (Å²) in [6.45, 7) is 1.94. The Morgan fingerprint density at radius 2 is 2.42 bits per heavy atom. The molecular formula is C8H10N2OS. The summed E-state index contributed by atoms with van der Waals surface area (Å²) in [7, 11) is 0. The Kier molecular flexibility index (Phi) is 2.70. The summed E-state index contributed by atoms with van der Waals surface area (Å²) >= 11 is 3.70. The quantitative estimate of drug-likeness (QED) is 0.678. The molecule has 1 heterocycles. The van der Waals surface area contributed by atoms with E-state index in [2.05, 4.69) is 17.6 Å². The van der Waals surface area contributed by atoms with Gasteiger partial charge in [-0.1, -0.05) is 19.6 Å². The molecular weight excluding hydrogens is 172 g/mol. The molecule has 1 rings (SSSR count). The van der Waals surface area contributed by atoms with Gasteiger partial charge in [-0.05, 0) is 18.1 Å². The molecule has 0 aliphatic carbocycles. The number of rotatable bonds is 2. The maximum Gasteiger partial charge on any atom is 0.234 e. The number of carbonyl (C=O) groups is 1. The number of carbonyl (C=O) groups excluding carboxylic acids is 1. The van der Waals surface area contributed by atoms with Gasteiger partial charge in [0.05, 0.1) is 11.9 Å². The van der Waals surface area contributed by atoms with Crippen molar-refractivity contribution in [3.63, 3.8) is 0 Å². The van der Waals surface area contributed by atoms with Gasteiger partial charge >= 0.3 is 0 Å². The van der Waals surface area contributed by atoms with Crippen LogP contribution in [-0.2, 0) is 6.42 Å². The Bertz CT molecular complexity index is 312. The van der Waals surface area contributed by atoms with Crippen molar-refractivity contribution in [3.05, 3.63) is 23.5 Å². The number of hydrogen-bond acceptors (Lipinski definition) is 3. The van der Waals surface area contributed by atoms with Gasteiger partial charge in [0.1, 0.15) is 5.69 Å². The number of anilines is 1. The summed E-state index contributed by atoms with van der Waals surface area (Å²) in [5, 5.41) is -0.313. The van der Waals surface area contributed by atoms with E-state index in [9.17, 15) is 4.79 Å². The Hall–Kier alpha value is -1.03. The van der Waals surface area contributed by atoms with Crippen LogP contribution in [0.3, 0.4) is 0 Å². The molecule has 12 heavy (non-hydrogen) atoms. The number of pyridine rings is 1. The van der Waals surface area contributed by atoms with Crippen LogP contribution in [0.5, 0.6) is 0 Å². The van der Waals surface area contributed by atoms with E-state index in [1.165, 1.54) is 6.20 Å². The Morgan fingerprint density at radius 1 is 1.75 bits per heavy atom. The number of aryl methyl sites for hydroxylation is 1. The third kappa shape index (κ3) is 1.76. The second-order valence-corrected chi connectivity index (χ2v) is 2.84. The van der Waals surface area contributed by atoms with Gasteiger partial charge in [0.15, 0.2) is 0 Å². The lowest BCUT2D eigenvalue weighted by Crippen LogP contribution is -2.01. The highest BCUT2D eigenvalue weighted by Crippen LogP contribution is 2.12. The van der Waals surface area contributed by atoms with Gasteiger partial charge in [-0.3, -0.25) is 4.79 Å². The van der Waals surface area contributed by atoms with Gasteiger partial charge in [0, 0.05) is 0 Å². The van der Waals surface area contributed by atoms with Crippen molar-refractivity contribution >= 4 is 23.4 Å². The normalized spacial score (nSPS) is 9.83. The minimum Gasteiger partial charge on any atom is -0.397 e. The Morgan fingerprint density at radius 3 is 2.92 bits per heavy atom. The van der Waals surface area contributed by atoms with Crippen LogP contribution in [0.1, 0.15) is 23.0 Å². The molecule has 0 fully saturated rings. The lowest BCUT2D eigenvalue weighted by molar-refractivity contribution is 0.108. The summed E-state index contributed by atoms with van der Waals surface area (Å²) in [5.74, 6) is 0. The predicted molar refractivity (Wildman–Crippen MR) is 51.3 cm³/mol. The van der Waals surface area contributed by atoms with E-state index in [1.807, 2.05) is 6.92 Å². The van der Waals surface area contributed by atoms with E-state index in [-0.39, 0.29) is 5.12 Å². The number of nitrogens with zero attached hydrogens (tertiary/aromatic N) is 1. The average Bonchev–Trinajstić information content (AvgIpc) is 2.03. The molecule has 0 amide bonds. The number of aromatic nitrogens is 1. The summed E-state index contributed by atoms with van der Waals surface area (Å²) in [6, 6.07) is 1.75. The molecule has 0 saturated carbocycles. The fourth-order valence-electron chi connectivity index (χ4n) is 0.991. The molecule has 2 N–H and O–H groups in total. The summed E-state index contributed by atoms with van der Waals surface area (Å²) in [5.41, 5.74) is 7.32. The maximum absolute atomic E-state index is 10.9. The minimum absolute atomic E-state index is 0.313. The van der Waals surface area contributed by atoms with Crippen molar-refractivity contribution < 1.29 is 4.79 Å². The zero-order valence-corrected chi connectivity index (χ0v) is 7.64. The van der Waals surface area contributed by atoms with E-state index in [0.29, 0.717) is 11.4 Å². The summed E-state index contributed by atoms with van der Waals surface area (Å²) in [6.07, 6.45) is 2.20. The lowest BCUT2D eigenvalue weighted by Gasteiger charge is -2.02. The smallest absolute Gasteiger partial charge is 0.234 e. The zero-order chi connectivity index (χ0) is 9.14. The second-order valence-electron chi connectivity index (χ2n) is 2.44. The lowest BCUT2D eigenvalue weighted by atomic mass is 10.1. The fraction of sp³-hybridized carbons (Fsp3) is 0.250. The highest BCUT2D eigenvalue weighted by Gasteiger charge is 2.07. The predicted octanol–water partition coefficient (Wildman–Crippen LogP) is 1.30. The molecule has 0 bridgehead atoms. The first-order valence-corrected chi connectivity index (χ1v) is 4.07. The number of nitrogen functional groups attached to an aromatic ring is 1. The van der Waals surface area contributed by atoms with Gasteiger partial charge in [0.2, 0.25) is 5.12 Å². The second kappa shape index (κ2) is 3.58. The molecule has 3 nitrogen and oxygen atoms in total. The molecule has 0 radical (unpaired) electrons. The number of thiol groups is 1. The van der Waals surface area contributed by atoms with E-state index < -0.39 is 0 Å². The Labute approximate surface area is 76.4 Å². The van der Waals surface area contributed by atoms with Crippen molar-refractivity contribution in [3.8, 4) is 0 Å². The monoisotopic (exact) mass is 182 g/mol. The first-order chi connectivity index (χ1) is 5.65. The summed E-state index contributed by atoms with van der Waals surface area (Å²) in [4.78, 5) is 14.8. The molecule has 0 saturated heterocycles. The van der Waals surface area contributed by atoms with E-state index in [0.717, 1.165) is 12.0 Å². The molecule has 0 aromatic carbocycles. The van der Waals surface area contributed by atoms with Crippen molar-refractivity contribution in [1.82, 2.24) is 4.98 Å². The molecule has 1 aromatic rings. The fourth-order valence-corrected chi connectivity index (χ4v) is 1.19. The van der Waals surface area contributed by atoms with Gasteiger partial charge < -0.3 is 5.73 Å². The Balaban J connectivity index is 3.20. The van der Waals surface area contributed by atoms with Crippen LogP contribution in [-0.4, -0.2) is 10.1 Å². The summed E-state index contributed by atoms with van der Waals surface area (Å²) < 4.78 is 0. The molecule has 0 unspecified atom stereocenters. The van der Waals surface area contributed by atoms with Crippen LogP contribution in [0.2, 0.25) is 0 Å². The van der Waals surface area contributed by atoms with Crippen LogP contribution >= 0.6 is 12.6 Å². The van der Waals surface area contributed by atoms with Crippen LogP contribution in [0.25, 0.3) is 0 Å². The third-order valence-electron chi connectivity index (χ3n) is 1.57. The van der Waals surface area contributed by atoms with Crippen molar-refractivity contribution in [2.75, 3.05) is 5.73 Å². The van der Waals surface area contributed by atoms with E-state index in [4.69, 9.17) is 5.73 Å². The van der Waals surface area contributed by atoms with E-state index >= 15 is 0 Å². The van der Waals surface area contributed by atoms with Crippen molar-refractivity contribution in [2.24, 2.45) is 0 Å². The highest BCUT2D eigenvalue weighted by atomic mass is 32.1. The van der Waals surface area contributed by atoms with Crippen molar-refractivity contribution in [2.45, 2.75) is 13.3 Å². The molecule has 0 aliphatic rings. The number of nitrogens with two attached hydrogens (primary N) is 1. The van der Waals surface area contributed by atoms with Gasteiger partial charge in [-0.25, -0.2) is 4.98 Å². The highest BCUT2D eigenvalue weighted by molar-refractivity contribution is 7.97. The molecule has 1 aromatic heterocycles. The van der Waals surface area contributed by atoms with E-state index in [1.54, 1.807) is 6.07 Å². The SMILES string of the molecule is CCc1cc(N)cnc1C(=O)S.